The average Bonchev–Trinajstić information content (AvgIpc) is 3.77. The molecule has 3 aliphatic heterocycles. The predicted molar refractivity (Wildman–Crippen MR) is 217 cm³/mol. The summed E-state index contributed by atoms with van der Waals surface area (Å²) in [5, 5.41) is 7.06. The molecule has 3 N–H and O–H groups in total. The van der Waals surface area contributed by atoms with Crippen LogP contribution in [-0.2, 0) is 9.59 Å². The van der Waals surface area contributed by atoms with Crippen LogP contribution in [-0.4, -0.2) is 86.0 Å². The van der Waals surface area contributed by atoms with Crippen molar-refractivity contribution in [2.45, 2.75) is 89.6 Å². The van der Waals surface area contributed by atoms with Gasteiger partial charge in [-0.3, -0.25) is 39.0 Å². The van der Waals surface area contributed by atoms with E-state index < -0.39 is 47.4 Å². The van der Waals surface area contributed by atoms with Crippen LogP contribution in [0.5, 0.6) is 5.75 Å². The molecule has 3 fully saturated rings. The molecule has 0 bridgehead atoms. The van der Waals surface area contributed by atoms with Crippen LogP contribution in [0.25, 0.3) is 11.1 Å². The van der Waals surface area contributed by atoms with Crippen molar-refractivity contribution in [2.24, 2.45) is 5.92 Å². The summed E-state index contributed by atoms with van der Waals surface area (Å²) in [6, 6.07) is 5.90. The molecule has 1 aliphatic carbocycles. The number of anilines is 2. The number of nitrogens with two attached hydrogens (primary N) is 1. The Bertz CT molecular complexity index is 2340. The number of imide groups is 2. The topological polar surface area (TPSA) is 156 Å². The maximum atomic E-state index is 15.8. The van der Waals surface area contributed by atoms with Crippen molar-refractivity contribution in [1.82, 2.24) is 29.9 Å². The van der Waals surface area contributed by atoms with Gasteiger partial charge in [-0.1, -0.05) is 23.2 Å². The Hall–Kier alpha value is -5.12. The van der Waals surface area contributed by atoms with Gasteiger partial charge in [0.15, 0.2) is 11.6 Å². The highest BCUT2D eigenvalue weighted by Gasteiger charge is 2.46. The van der Waals surface area contributed by atoms with Crippen LogP contribution in [0.3, 0.4) is 0 Å². The molecule has 17 heteroatoms. The zero-order valence-electron chi connectivity index (χ0n) is 32.8. The van der Waals surface area contributed by atoms with Crippen LogP contribution >= 0.6 is 23.2 Å². The smallest absolute Gasteiger partial charge is 0.262 e. The minimum atomic E-state index is -1.12. The van der Waals surface area contributed by atoms with E-state index in [2.05, 4.69) is 15.2 Å². The SMILES string of the molecule is CC(Oc1cc(-c2cnn(C3CCC(CN4CC(C)N(c5cc6c(cc5F)C(=O)N(C5CCC(=O)NC5=O)C6=O)C(C)C4)CC3)c2)cnc1N)c1c(Cl)ccc(F)c1Cl. The Balaban J connectivity index is 0.868. The van der Waals surface area contributed by atoms with E-state index in [1.165, 1.54) is 18.2 Å². The molecule has 2 aromatic heterocycles. The normalized spacial score (nSPS) is 24.4. The summed E-state index contributed by atoms with van der Waals surface area (Å²) in [5.41, 5.74) is 8.32. The molecule has 4 unspecified atom stereocenters. The molecule has 4 atom stereocenters. The van der Waals surface area contributed by atoms with E-state index in [1.807, 2.05) is 29.6 Å². The molecule has 0 radical (unpaired) electrons. The Kier molecular flexibility index (Phi) is 11.1. The number of aromatic nitrogens is 3. The average molecular weight is 850 g/mol. The van der Waals surface area contributed by atoms with Crippen molar-refractivity contribution in [3.05, 3.63) is 87.3 Å². The van der Waals surface area contributed by atoms with E-state index in [9.17, 15) is 23.6 Å². The summed E-state index contributed by atoms with van der Waals surface area (Å²) in [6.45, 7) is 8.08. The van der Waals surface area contributed by atoms with Crippen LogP contribution in [0.1, 0.15) is 97.7 Å². The third-order valence-corrected chi connectivity index (χ3v) is 12.8. The zero-order chi connectivity index (χ0) is 41.9. The van der Waals surface area contributed by atoms with Gasteiger partial charge in [-0.25, -0.2) is 13.8 Å². The number of amides is 4. The maximum absolute atomic E-state index is 15.8. The molecule has 5 heterocycles. The van der Waals surface area contributed by atoms with Gasteiger partial charge in [0.2, 0.25) is 11.8 Å². The van der Waals surface area contributed by atoms with Crippen LogP contribution in [0, 0.1) is 17.6 Å². The molecule has 4 amide bonds. The van der Waals surface area contributed by atoms with E-state index >= 15 is 4.39 Å². The number of benzene rings is 2. The standard InChI is InChI=1S/C42H44Cl2F2N8O5/c1-21-17-51(18-22(2)53(21)34-14-29-28(13-32(34)46)41(57)54(42(29)58)33-10-11-36(55)50-40(33)56)19-24-4-6-27(7-5-24)52-20-26(16-49-52)25-12-35(39(47)48-15-25)59-23(3)37-30(43)8-9-31(45)38(37)44/h8-9,12-16,20-24,27,33H,4-7,10-11,17-19H2,1-3H3,(H2,47,48)(H,50,55,56). The van der Waals surface area contributed by atoms with Crippen molar-refractivity contribution in [3.8, 4) is 16.9 Å². The number of ether oxygens (including phenoxy) is 1. The molecule has 310 valence electrons. The molecule has 8 rings (SSSR count). The number of hydrogen-bond donors (Lipinski definition) is 2. The number of carbonyl (C=O) groups excluding carboxylic acids is 4. The van der Waals surface area contributed by atoms with Crippen LogP contribution in [0.15, 0.2) is 48.9 Å². The third kappa shape index (κ3) is 7.75. The molecule has 4 aromatic rings. The van der Waals surface area contributed by atoms with Gasteiger partial charge in [-0.2, -0.15) is 5.10 Å². The first-order valence-corrected chi connectivity index (χ1v) is 20.6. The predicted octanol–water partition coefficient (Wildman–Crippen LogP) is 6.98. The van der Waals surface area contributed by atoms with Crippen molar-refractivity contribution in [3.63, 3.8) is 0 Å². The minimum Gasteiger partial charge on any atom is -0.482 e. The number of hydrogen-bond acceptors (Lipinski definition) is 10. The zero-order valence-corrected chi connectivity index (χ0v) is 34.3. The molecule has 13 nitrogen and oxygen atoms in total. The summed E-state index contributed by atoms with van der Waals surface area (Å²) in [7, 11) is 0. The van der Waals surface area contributed by atoms with Gasteiger partial charge in [0.05, 0.1) is 34.1 Å². The van der Waals surface area contributed by atoms with E-state index in [0.29, 0.717) is 30.3 Å². The molecular weight excluding hydrogens is 805 g/mol. The molecule has 59 heavy (non-hydrogen) atoms. The van der Waals surface area contributed by atoms with E-state index in [4.69, 9.17) is 38.8 Å². The quantitative estimate of drug-likeness (QED) is 0.133. The van der Waals surface area contributed by atoms with Gasteiger partial charge >= 0.3 is 0 Å². The van der Waals surface area contributed by atoms with Gasteiger partial charge in [0, 0.05) is 72.2 Å². The Morgan fingerprint density at radius 1 is 0.915 bits per heavy atom. The second kappa shape index (κ2) is 16.1. The van der Waals surface area contributed by atoms with E-state index in [0.717, 1.165) is 54.3 Å². The molecule has 1 saturated carbocycles. The highest BCUT2D eigenvalue weighted by atomic mass is 35.5. The fourth-order valence-electron chi connectivity index (χ4n) is 9.25. The second-order valence-electron chi connectivity index (χ2n) is 16.1. The number of rotatable bonds is 9. The summed E-state index contributed by atoms with van der Waals surface area (Å²) in [5.74, 6) is -2.79. The highest BCUT2D eigenvalue weighted by molar-refractivity contribution is 6.36. The summed E-state index contributed by atoms with van der Waals surface area (Å²) in [4.78, 5) is 60.5. The lowest BCUT2D eigenvalue weighted by Crippen LogP contribution is -2.58. The number of piperazine rings is 1. The van der Waals surface area contributed by atoms with Crippen molar-refractivity contribution in [2.75, 3.05) is 30.3 Å². The van der Waals surface area contributed by atoms with Gasteiger partial charge in [-0.15, -0.1) is 0 Å². The largest absolute Gasteiger partial charge is 0.482 e. The number of pyridine rings is 1. The summed E-state index contributed by atoms with van der Waals surface area (Å²) >= 11 is 12.5. The lowest BCUT2D eigenvalue weighted by molar-refractivity contribution is -0.136. The van der Waals surface area contributed by atoms with E-state index in [-0.39, 0.29) is 63.6 Å². The van der Waals surface area contributed by atoms with Crippen LogP contribution < -0.4 is 20.7 Å². The Morgan fingerprint density at radius 3 is 2.31 bits per heavy atom. The maximum Gasteiger partial charge on any atom is 0.262 e. The first kappa shape index (κ1) is 40.7. The van der Waals surface area contributed by atoms with Crippen molar-refractivity contribution >= 4 is 58.3 Å². The fraction of sp³-hybridized carbons (Fsp3) is 0.429. The number of halogens is 4. The monoisotopic (exact) mass is 848 g/mol. The first-order chi connectivity index (χ1) is 28.2. The lowest BCUT2D eigenvalue weighted by Gasteiger charge is -2.47. The number of carbonyl (C=O) groups is 4. The third-order valence-electron chi connectivity index (χ3n) is 12.1. The van der Waals surface area contributed by atoms with Crippen molar-refractivity contribution in [1.29, 1.82) is 0 Å². The van der Waals surface area contributed by atoms with Gasteiger partial charge in [0.25, 0.3) is 11.8 Å². The van der Waals surface area contributed by atoms with Crippen LogP contribution in [0.4, 0.5) is 20.3 Å². The van der Waals surface area contributed by atoms with Gasteiger partial charge < -0.3 is 15.4 Å². The van der Waals surface area contributed by atoms with Gasteiger partial charge in [0.1, 0.15) is 23.8 Å². The molecule has 2 saturated heterocycles. The summed E-state index contributed by atoms with van der Waals surface area (Å²) < 4.78 is 38.1. The van der Waals surface area contributed by atoms with Gasteiger partial charge in [-0.05, 0) is 89.1 Å². The number of nitrogen functional groups attached to an aromatic ring is 1. The summed E-state index contributed by atoms with van der Waals surface area (Å²) in [6.07, 6.45) is 8.75. The van der Waals surface area contributed by atoms with Crippen LogP contribution in [0.2, 0.25) is 10.0 Å². The second-order valence-corrected chi connectivity index (χ2v) is 16.9. The number of piperidine rings is 1. The highest BCUT2D eigenvalue weighted by Crippen LogP contribution is 2.39. The molecular formula is C42H44Cl2F2N8O5. The number of nitrogens with zero attached hydrogens (tertiary/aromatic N) is 6. The minimum absolute atomic E-state index is 0.00668. The Labute approximate surface area is 349 Å². The first-order valence-electron chi connectivity index (χ1n) is 19.8. The fourth-order valence-corrected chi connectivity index (χ4v) is 9.93. The lowest BCUT2D eigenvalue weighted by atomic mass is 9.85. The number of nitrogens with one attached hydrogen (secondary N) is 1. The molecule has 4 aliphatic rings. The molecule has 0 spiro atoms. The van der Waals surface area contributed by atoms with E-state index in [1.54, 1.807) is 25.4 Å². The number of fused-ring (bicyclic) bond motifs is 1. The van der Waals surface area contributed by atoms with Crippen molar-refractivity contribution < 1.29 is 32.7 Å². The molecule has 2 aromatic carbocycles. The Morgan fingerprint density at radius 2 is 1.61 bits per heavy atom.